The van der Waals surface area contributed by atoms with Crippen molar-refractivity contribution in [2.45, 2.75) is 44.8 Å². The second-order valence-corrected chi connectivity index (χ2v) is 6.39. The van der Waals surface area contributed by atoms with Gasteiger partial charge in [-0.05, 0) is 59.7 Å². The third kappa shape index (κ3) is 4.04. The third-order valence-electron chi connectivity index (χ3n) is 3.75. The van der Waals surface area contributed by atoms with E-state index in [0.29, 0.717) is 13.1 Å². The summed E-state index contributed by atoms with van der Waals surface area (Å²) < 4.78 is 0.992. The summed E-state index contributed by atoms with van der Waals surface area (Å²) in [7, 11) is 0. The predicted octanol–water partition coefficient (Wildman–Crippen LogP) is 2.87. The normalized spacial score (nSPS) is 28.3. The van der Waals surface area contributed by atoms with E-state index >= 15 is 0 Å². The van der Waals surface area contributed by atoms with Gasteiger partial charge in [0.2, 0.25) is 0 Å². The summed E-state index contributed by atoms with van der Waals surface area (Å²) in [6, 6.07) is 3.98. The molecule has 1 aromatic heterocycles. The Kier molecular flexibility index (Phi) is 4.76. The fourth-order valence-corrected chi connectivity index (χ4v) is 2.65. The number of nitrogens with zero attached hydrogens (tertiary/aromatic N) is 1. The molecule has 4 heteroatoms. The predicted molar refractivity (Wildman–Crippen MR) is 76.2 cm³/mol. The molecule has 0 aromatic carbocycles. The molecule has 1 saturated carbocycles. The van der Waals surface area contributed by atoms with Crippen LogP contribution in [0.4, 0.5) is 0 Å². The van der Waals surface area contributed by atoms with Gasteiger partial charge in [0, 0.05) is 23.8 Å². The zero-order valence-electron chi connectivity index (χ0n) is 10.8. The number of aromatic nitrogens is 1. The number of nitrogens with one attached hydrogen (secondary N) is 1. The van der Waals surface area contributed by atoms with Crippen LogP contribution in [-0.2, 0) is 6.54 Å². The highest BCUT2D eigenvalue weighted by atomic mass is 79.9. The summed E-state index contributed by atoms with van der Waals surface area (Å²) in [4.78, 5) is 4.30. The van der Waals surface area contributed by atoms with Gasteiger partial charge >= 0.3 is 0 Å². The van der Waals surface area contributed by atoms with Crippen molar-refractivity contribution in [1.29, 1.82) is 0 Å². The van der Waals surface area contributed by atoms with E-state index in [1.807, 2.05) is 12.1 Å². The fraction of sp³-hybridized carbons (Fsp3) is 0.643. The Labute approximate surface area is 117 Å². The van der Waals surface area contributed by atoms with Crippen LogP contribution in [0.15, 0.2) is 22.8 Å². The van der Waals surface area contributed by atoms with Gasteiger partial charge < -0.3 is 10.4 Å². The van der Waals surface area contributed by atoms with E-state index in [-0.39, 0.29) is 0 Å². The number of aliphatic hydroxyl groups is 1. The lowest BCUT2D eigenvalue weighted by Gasteiger charge is -2.35. The van der Waals surface area contributed by atoms with Crippen molar-refractivity contribution in [3.63, 3.8) is 0 Å². The van der Waals surface area contributed by atoms with Crippen LogP contribution in [-0.4, -0.2) is 22.2 Å². The van der Waals surface area contributed by atoms with E-state index in [4.69, 9.17) is 0 Å². The second kappa shape index (κ2) is 6.13. The summed E-state index contributed by atoms with van der Waals surface area (Å²) in [6.07, 6.45) is 5.89. The van der Waals surface area contributed by atoms with Crippen LogP contribution in [0.5, 0.6) is 0 Å². The molecular formula is C14H21BrN2O. The van der Waals surface area contributed by atoms with Crippen molar-refractivity contribution in [3.05, 3.63) is 28.5 Å². The van der Waals surface area contributed by atoms with Crippen molar-refractivity contribution in [2.24, 2.45) is 5.92 Å². The standard InChI is InChI=1S/C14H21BrN2O/c1-11-4-6-14(18,7-5-11)10-16-9-13-3-2-12(15)8-17-13/h2-3,8,11,16,18H,4-7,9-10H2,1H3. The van der Waals surface area contributed by atoms with E-state index < -0.39 is 5.60 Å². The minimum atomic E-state index is -0.512. The van der Waals surface area contributed by atoms with Gasteiger partial charge in [-0.25, -0.2) is 0 Å². The molecule has 100 valence electrons. The first kappa shape index (κ1) is 14.0. The first-order valence-corrected chi connectivity index (χ1v) is 7.40. The van der Waals surface area contributed by atoms with Gasteiger partial charge in [0.25, 0.3) is 0 Å². The largest absolute Gasteiger partial charge is 0.389 e. The van der Waals surface area contributed by atoms with E-state index in [1.165, 1.54) is 0 Å². The molecule has 1 aliphatic rings. The molecule has 0 atom stereocenters. The summed E-state index contributed by atoms with van der Waals surface area (Å²) in [6.45, 7) is 3.64. The summed E-state index contributed by atoms with van der Waals surface area (Å²) in [5.74, 6) is 0.762. The second-order valence-electron chi connectivity index (χ2n) is 5.48. The molecule has 0 spiro atoms. The summed E-state index contributed by atoms with van der Waals surface area (Å²) in [5.41, 5.74) is 0.494. The van der Waals surface area contributed by atoms with Gasteiger partial charge in [-0.2, -0.15) is 0 Å². The molecule has 1 fully saturated rings. The highest BCUT2D eigenvalue weighted by Gasteiger charge is 2.31. The first-order chi connectivity index (χ1) is 8.57. The zero-order chi connectivity index (χ0) is 13.0. The summed E-state index contributed by atoms with van der Waals surface area (Å²) in [5, 5.41) is 13.7. The lowest BCUT2D eigenvalue weighted by Crippen LogP contribution is -2.43. The molecule has 18 heavy (non-hydrogen) atoms. The smallest absolute Gasteiger partial charge is 0.0771 e. The first-order valence-electron chi connectivity index (χ1n) is 6.61. The maximum atomic E-state index is 10.4. The lowest BCUT2D eigenvalue weighted by atomic mass is 9.79. The maximum Gasteiger partial charge on any atom is 0.0771 e. The molecule has 1 aliphatic carbocycles. The average molecular weight is 313 g/mol. The van der Waals surface area contributed by atoms with Crippen molar-refractivity contribution in [3.8, 4) is 0 Å². The van der Waals surface area contributed by atoms with Crippen LogP contribution in [0.3, 0.4) is 0 Å². The Bertz CT molecular complexity index is 372. The minimum Gasteiger partial charge on any atom is -0.389 e. The Hall–Kier alpha value is -0.450. The van der Waals surface area contributed by atoms with Crippen LogP contribution in [0.2, 0.25) is 0 Å². The highest BCUT2D eigenvalue weighted by molar-refractivity contribution is 9.10. The molecular weight excluding hydrogens is 292 g/mol. The van der Waals surface area contributed by atoms with E-state index in [9.17, 15) is 5.11 Å². The highest BCUT2D eigenvalue weighted by Crippen LogP contribution is 2.31. The maximum absolute atomic E-state index is 10.4. The Morgan fingerprint density at radius 2 is 2.17 bits per heavy atom. The van der Waals surface area contributed by atoms with Crippen LogP contribution in [0, 0.1) is 5.92 Å². The van der Waals surface area contributed by atoms with Gasteiger partial charge in [0.05, 0.1) is 11.3 Å². The van der Waals surface area contributed by atoms with Gasteiger partial charge in [-0.15, -0.1) is 0 Å². The lowest BCUT2D eigenvalue weighted by molar-refractivity contribution is -0.00635. The molecule has 1 aromatic rings. The molecule has 0 unspecified atom stereocenters. The average Bonchev–Trinajstić information content (AvgIpc) is 2.36. The number of halogens is 1. The third-order valence-corrected chi connectivity index (χ3v) is 4.22. The van der Waals surface area contributed by atoms with Crippen molar-refractivity contribution in [1.82, 2.24) is 10.3 Å². The van der Waals surface area contributed by atoms with E-state index in [2.05, 4.69) is 33.2 Å². The number of rotatable bonds is 4. The fourth-order valence-electron chi connectivity index (χ4n) is 2.41. The zero-order valence-corrected chi connectivity index (χ0v) is 12.4. The number of hydrogen-bond acceptors (Lipinski definition) is 3. The van der Waals surface area contributed by atoms with Crippen molar-refractivity contribution in [2.75, 3.05) is 6.54 Å². The topological polar surface area (TPSA) is 45.1 Å². The van der Waals surface area contributed by atoms with E-state index in [1.54, 1.807) is 6.20 Å². The van der Waals surface area contributed by atoms with Crippen LogP contribution in [0.25, 0.3) is 0 Å². The molecule has 0 amide bonds. The van der Waals surface area contributed by atoms with Crippen molar-refractivity contribution < 1.29 is 5.11 Å². The SMILES string of the molecule is CC1CCC(O)(CNCc2ccc(Br)cn2)CC1. The van der Waals surface area contributed by atoms with Gasteiger partial charge in [-0.1, -0.05) is 6.92 Å². The molecule has 0 aliphatic heterocycles. The van der Waals surface area contributed by atoms with Gasteiger partial charge in [-0.3, -0.25) is 4.98 Å². The molecule has 0 radical (unpaired) electrons. The minimum absolute atomic E-state index is 0.512. The number of pyridine rings is 1. The monoisotopic (exact) mass is 312 g/mol. The Morgan fingerprint density at radius 1 is 1.44 bits per heavy atom. The van der Waals surface area contributed by atoms with Crippen LogP contribution in [0.1, 0.15) is 38.3 Å². The van der Waals surface area contributed by atoms with Crippen LogP contribution >= 0.6 is 15.9 Å². The number of hydrogen-bond donors (Lipinski definition) is 2. The van der Waals surface area contributed by atoms with Crippen molar-refractivity contribution >= 4 is 15.9 Å². The molecule has 3 nitrogen and oxygen atoms in total. The molecule has 1 heterocycles. The quantitative estimate of drug-likeness (QED) is 0.898. The van der Waals surface area contributed by atoms with Gasteiger partial charge in [0.1, 0.15) is 0 Å². The summed E-state index contributed by atoms with van der Waals surface area (Å²) >= 11 is 3.37. The van der Waals surface area contributed by atoms with Gasteiger partial charge in [0.15, 0.2) is 0 Å². The molecule has 0 saturated heterocycles. The molecule has 2 N–H and O–H groups in total. The van der Waals surface area contributed by atoms with Crippen LogP contribution < -0.4 is 5.32 Å². The van der Waals surface area contributed by atoms with E-state index in [0.717, 1.165) is 41.8 Å². The molecule has 0 bridgehead atoms. The Morgan fingerprint density at radius 3 is 2.78 bits per heavy atom. The molecule has 2 rings (SSSR count). The Balaban J connectivity index is 1.76.